The van der Waals surface area contributed by atoms with Crippen LogP contribution in [0.15, 0.2) is 4.99 Å². The number of hydrogen-bond acceptors (Lipinski definition) is 3. The molecule has 0 aliphatic carbocycles. The summed E-state index contributed by atoms with van der Waals surface area (Å²) in [5.74, 6) is 0.679. The molecule has 0 aromatic rings. The van der Waals surface area contributed by atoms with Crippen molar-refractivity contribution in [2.75, 3.05) is 20.1 Å². The minimum absolute atomic E-state index is 0. The Labute approximate surface area is 145 Å². The highest BCUT2D eigenvalue weighted by Crippen LogP contribution is 2.46. The molecule has 0 aromatic heterocycles. The fraction of sp³-hybridized carbons (Fsp3) is 0.867. The first-order valence-corrected chi connectivity index (χ1v) is 7.29. The standard InChI is InChI=1S/C15H29N3O2.HI/c1-11(2)20-12(19)8-9-17-13(16-7)18-10-14(3,4)15(18,5)6;/h11H,8-10H2,1-7H3,(H,16,17);1H. The van der Waals surface area contributed by atoms with Gasteiger partial charge in [0.15, 0.2) is 5.96 Å². The lowest BCUT2D eigenvalue weighted by atomic mass is 9.65. The third kappa shape index (κ3) is 4.72. The van der Waals surface area contributed by atoms with E-state index in [1.54, 1.807) is 7.05 Å². The third-order valence-corrected chi connectivity index (χ3v) is 4.33. The van der Waals surface area contributed by atoms with Gasteiger partial charge in [-0.25, -0.2) is 0 Å². The molecule has 0 amide bonds. The lowest BCUT2D eigenvalue weighted by Crippen LogP contribution is -2.72. The molecule has 0 aromatic carbocycles. The van der Waals surface area contributed by atoms with Gasteiger partial charge in [-0.15, -0.1) is 24.0 Å². The number of ether oxygens (including phenoxy) is 1. The van der Waals surface area contributed by atoms with Crippen LogP contribution in [0.4, 0.5) is 0 Å². The lowest BCUT2D eigenvalue weighted by Gasteiger charge is -2.62. The van der Waals surface area contributed by atoms with Gasteiger partial charge in [0.25, 0.3) is 0 Å². The second-order valence-corrected chi connectivity index (χ2v) is 6.79. The second kappa shape index (κ2) is 7.65. The van der Waals surface area contributed by atoms with Gasteiger partial charge in [-0.05, 0) is 27.7 Å². The van der Waals surface area contributed by atoms with Crippen LogP contribution in [0.25, 0.3) is 0 Å². The maximum atomic E-state index is 11.5. The van der Waals surface area contributed by atoms with Crippen molar-refractivity contribution in [1.29, 1.82) is 0 Å². The molecule has 21 heavy (non-hydrogen) atoms. The first-order chi connectivity index (χ1) is 9.11. The van der Waals surface area contributed by atoms with E-state index >= 15 is 0 Å². The number of aliphatic imine (C=N–C) groups is 1. The fourth-order valence-electron chi connectivity index (χ4n) is 2.29. The molecule has 1 rings (SSSR count). The minimum atomic E-state index is -0.175. The Morgan fingerprint density at radius 1 is 1.33 bits per heavy atom. The highest BCUT2D eigenvalue weighted by molar-refractivity contribution is 14.0. The average Bonchev–Trinajstić information content (AvgIpc) is 2.31. The summed E-state index contributed by atoms with van der Waals surface area (Å²) in [6.45, 7) is 14.2. The van der Waals surface area contributed by atoms with Gasteiger partial charge in [0.1, 0.15) is 0 Å². The Morgan fingerprint density at radius 3 is 2.29 bits per heavy atom. The van der Waals surface area contributed by atoms with Crippen molar-refractivity contribution in [2.45, 2.75) is 59.6 Å². The quantitative estimate of drug-likeness (QED) is 0.335. The summed E-state index contributed by atoms with van der Waals surface area (Å²) in [7, 11) is 1.77. The maximum Gasteiger partial charge on any atom is 0.307 e. The molecule has 1 saturated heterocycles. The van der Waals surface area contributed by atoms with Gasteiger partial charge in [0.2, 0.25) is 0 Å². The molecular weight excluding hydrogens is 381 g/mol. The first kappa shape index (κ1) is 20.5. The average molecular weight is 411 g/mol. The minimum Gasteiger partial charge on any atom is -0.463 e. The third-order valence-electron chi connectivity index (χ3n) is 4.33. The molecule has 6 heteroatoms. The zero-order valence-corrected chi connectivity index (χ0v) is 16.6. The van der Waals surface area contributed by atoms with Gasteiger partial charge < -0.3 is 15.0 Å². The Hall–Kier alpha value is -0.530. The van der Waals surface area contributed by atoms with Crippen molar-refractivity contribution < 1.29 is 9.53 Å². The van der Waals surface area contributed by atoms with Gasteiger partial charge >= 0.3 is 5.97 Å². The molecule has 0 atom stereocenters. The summed E-state index contributed by atoms with van der Waals surface area (Å²) in [5, 5.41) is 3.24. The predicted octanol–water partition coefficient (Wildman–Crippen LogP) is 2.64. The van der Waals surface area contributed by atoms with E-state index in [2.05, 4.69) is 42.9 Å². The molecule has 124 valence electrons. The van der Waals surface area contributed by atoms with Gasteiger partial charge in [0, 0.05) is 31.1 Å². The van der Waals surface area contributed by atoms with E-state index in [1.165, 1.54) is 0 Å². The summed E-state index contributed by atoms with van der Waals surface area (Å²) >= 11 is 0. The normalized spacial score (nSPS) is 19.6. The van der Waals surface area contributed by atoms with Crippen LogP contribution in [0.3, 0.4) is 0 Å². The summed E-state index contributed by atoms with van der Waals surface area (Å²) < 4.78 is 5.11. The van der Waals surface area contributed by atoms with Gasteiger partial charge in [-0.3, -0.25) is 9.79 Å². The second-order valence-electron chi connectivity index (χ2n) is 6.79. The number of likely N-dealkylation sites (tertiary alicyclic amines) is 1. The molecule has 5 nitrogen and oxygen atoms in total. The van der Waals surface area contributed by atoms with Crippen LogP contribution >= 0.6 is 24.0 Å². The summed E-state index contributed by atoms with van der Waals surface area (Å²) in [6.07, 6.45) is 0.298. The van der Waals surface area contributed by atoms with Crippen LogP contribution in [0, 0.1) is 5.41 Å². The molecule has 0 spiro atoms. The van der Waals surface area contributed by atoms with E-state index in [-0.39, 0.29) is 47.0 Å². The predicted molar refractivity (Wildman–Crippen MR) is 97.2 cm³/mol. The monoisotopic (exact) mass is 411 g/mol. The number of esters is 1. The van der Waals surface area contributed by atoms with Crippen LogP contribution in [0.1, 0.15) is 48.0 Å². The Balaban J connectivity index is 0.00000400. The van der Waals surface area contributed by atoms with Crippen LogP contribution in [-0.2, 0) is 9.53 Å². The number of nitrogens with one attached hydrogen (secondary N) is 1. The molecule has 1 N–H and O–H groups in total. The zero-order valence-electron chi connectivity index (χ0n) is 14.3. The summed E-state index contributed by atoms with van der Waals surface area (Å²) in [4.78, 5) is 18.1. The molecule has 0 bridgehead atoms. The van der Waals surface area contributed by atoms with E-state index in [0.29, 0.717) is 13.0 Å². The molecule has 1 aliphatic heterocycles. The van der Waals surface area contributed by atoms with Crippen molar-refractivity contribution in [3.63, 3.8) is 0 Å². The van der Waals surface area contributed by atoms with E-state index in [0.717, 1.165) is 12.5 Å². The van der Waals surface area contributed by atoms with Gasteiger partial charge in [0.05, 0.1) is 12.5 Å². The number of halogens is 1. The Bertz CT molecular complexity index is 392. The molecular formula is C15H30IN3O2. The molecule has 1 heterocycles. The van der Waals surface area contributed by atoms with E-state index < -0.39 is 0 Å². The number of carbonyl (C=O) groups excluding carboxylic acids is 1. The first-order valence-electron chi connectivity index (χ1n) is 7.29. The smallest absolute Gasteiger partial charge is 0.307 e. The molecule has 0 radical (unpaired) electrons. The topological polar surface area (TPSA) is 53.9 Å². The van der Waals surface area contributed by atoms with Crippen molar-refractivity contribution in [2.24, 2.45) is 10.4 Å². The number of rotatable bonds is 4. The van der Waals surface area contributed by atoms with Gasteiger partial charge in [-0.1, -0.05) is 13.8 Å². The number of carbonyl (C=O) groups is 1. The van der Waals surface area contributed by atoms with Crippen LogP contribution in [-0.4, -0.2) is 48.6 Å². The summed E-state index contributed by atoms with van der Waals surface area (Å²) in [5.41, 5.74) is 0.328. The van der Waals surface area contributed by atoms with Crippen LogP contribution < -0.4 is 5.32 Å². The molecule has 0 saturated carbocycles. The van der Waals surface area contributed by atoms with Crippen molar-refractivity contribution in [3.8, 4) is 0 Å². The lowest BCUT2D eigenvalue weighted by molar-refractivity contribution is -0.147. The Kier molecular flexibility index (Phi) is 7.45. The van der Waals surface area contributed by atoms with Crippen LogP contribution in [0.2, 0.25) is 0 Å². The molecule has 1 fully saturated rings. The summed E-state index contributed by atoms with van der Waals surface area (Å²) in [6, 6.07) is 0. The highest BCUT2D eigenvalue weighted by atomic mass is 127. The molecule has 0 unspecified atom stereocenters. The zero-order chi connectivity index (χ0) is 15.6. The largest absolute Gasteiger partial charge is 0.463 e. The molecule has 1 aliphatic rings. The highest BCUT2D eigenvalue weighted by Gasteiger charge is 2.53. The van der Waals surface area contributed by atoms with Crippen molar-refractivity contribution >= 4 is 35.9 Å². The van der Waals surface area contributed by atoms with Gasteiger partial charge in [-0.2, -0.15) is 0 Å². The number of hydrogen-bond donors (Lipinski definition) is 1. The van der Waals surface area contributed by atoms with Crippen molar-refractivity contribution in [3.05, 3.63) is 0 Å². The maximum absolute atomic E-state index is 11.5. The van der Waals surface area contributed by atoms with Crippen LogP contribution in [0.5, 0.6) is 0 Å². The Morgan fingerprint density at radius 2 is 1.90 bits per heavy atom. The number of guanidine groups is 1. The van der Waals surface area contributed by atoms with E-state index in [1.807, 2.05) is 13.8 Å². The number of nitrogens with zero attached hydrogens (tertiary/aromatic N) is 2. The van der Waals surface area contributed by atoms with E-state index in [4.69, 9.17) is 4.74 Å². The fourth-order valence-corrected chi connectivity index (χ4v) is 2.29. The van der Waals surface area contributed by atoms with Crippen molar-refractivity contribution in [1.82, 2.24) is 10.2 Å². The van der Waals surface area contributed by atoms with E-state index in [9.17, 15) is 4.79 Å². The SMILES string of the molecule is CN=C(NCCC(=O)OC(C)C)N1CC(C)(C)C1(C)C.I.